The van der Waals surface area contributed by atoms with Crippen molar-refractivity contribution in [1.29, 1.82) is 0 Å². The van der Waals surface area contributed by atoms with Gasteiger partial charge in [-0.25, -0.2) is 0 Å². The predicted octanol–water partition coefficient (Wildman–Crippen LogP) is 4.26. The van der Waals surface area contributed by atoms with Crippen molar-refractivity contribution >= 4 is 5.69 Å². The van der Waals surface area contributed by atoms with Gasteiger partial charge in [-0.3, -0.25) is 10.1 Å². The van der Waals surface area contributed by atoms with Crippen LogP contribution in [-0.4, -0.2) is 4.92 Å². The third-order valence-corrected chi connectivity index (χ3v) is 2.89. The quantitative estimate of drug-likeness (QED) is 0.471. The van der Waals surface area contributed by atoms with Crippen molar-refractivity contribution < 1.29 is 18.1 Å². The summed E-state index contributed by atoms with van der Waals surface area (Å²) < 4.78 is 38.9. The molecule has 0 radical (unpaired) electrons. The van der Waals surface area contributed by atoms with Gasteiger partial charge < -0.3 is 0 Å². The SMILES string of the molecule is C#Cc1cc(-c2ccccc2C(F)(F)F)ccc1[N+](=O)[O-]. The van der Waals surface area contributed by atoms with Crippen LogP contribution in [0.4, 0.5) is 18.9 Å². The molecule has 0 amide bonds. The van der Waals surface area contributed by atoms with E-state index in [4.69, 9.17) is 6.42 Å². The highest BCUT2D eigenvalue weighted by molar-refractivity contribution is 5.72. The van der Waals surface area contributed by atoms with Crippen LogP contribution < -0.4 is 0 Å². The minimum absolute atomic E-state index is 0.0607. The maximum absolute atomic E-state index is 13.0. The fourth-order valence-electron chi connectivity index (χ4n) is 1.96. The molecular weight excluding hydrogens is 283 g/mol. The molecule has 21 heavy (non-hydrogen) atoms. The molecule has 0 aromatic heterocycles. The molecule has 0 heterocycles. The van der Waals surface area contributed by atoms with E-state index < -0.39 is 16.7 Å². The zero-order chi connectivity index (χ0) is 15.6. The minimum Gasteiger partial charge on any atom is -0.258 e. The molecule has 6 heteroatoms. The van der Waals surface area contributed by atoms with Crippen LogP contribution in [0.2, 0.25) is 0 Å². The molecule has 0 saturated carbocycles. The van der Waals surface area contributed by atoms with Gasteiger partial charge in [-0.05, 0) is 29.3 Å². The van der Waals surface area contributed by atoms with Crippen LogP contribution in [0.15, 0.2) is 42.5 Å². The number of nitro benzene ring substituents is 1. The fraction of sp³-hybridized carbons (Fsp3) is 0.0667. The van der Waals surface area contributed by atoms with Gasteiger partial charge in [0.1, 0.15) is 5.56 Å². The molecule has 2 aromatic rings. The number of alkyl halides is 3. The number of halogens is 3. The topological polar surface area (TPSA) is 43.1 Å². The van der Waals surface area contributed by atoms with Crippen molar-refractivity contribution in [3.05, 3.63) is 63.7 Å². The molecule has 0 aliphatic carbocycles. The number of nitrogens with zero attached hydrogens (tertiary/aromatic N) is 1. The van der Waals surface area contributed by atoms with Crippen molar-refractivity contribution in [3.8, 4) is 23.5 Å². The number of hydrogen-bond acceptors (Lipinski definition) is 2. The summed E-state index contributed by atoms with van der Waals surface area (Å²) in [5.74, 6) is 2.12. The Bertz CT molecular complexity index is 745. The Morgan fingerprint density at radius 3 is 2.38 bits per heavy atom. The summed E-state index contributed by atoms with van der Waals surface area (Å²) in [7, 11) is 0. The van der Waals surface area contributed by atoms with Crippen LogP contribution in [0, 0.1) is 22.5 Å². The van der Waals surface area contributed by atoms with Gasteiger partial charge in [0.25, 0.3) is 5.69 Å². The summed E-state index contributed by atoms with van der Waals surface area (Å²) in [6.07, 6.45) is 0.663. The summed E-state index contributed by atoms with van der Waals surface area (Å²) in [5.41, 5.74) is -1.08. The molecule has 0 atom stereocenters. The third kappa shape index (κ3) is 2.87. The second-order valence-corrected chi connectivity index (χ2v) is 4.18. The first-order valence-electron chi connectivity index (χ1n) is 5.76. The average Bonchev–Trinajstić information content (AvgIpc) is 2.45. The molecule has 0 fully saturated rings. The van der Waals surface area contributed by atoms with Gasteiger partial charge in [0.2, 0.25) is 0 Å². The van der Waals surface area contributed by atoms with Gasteiger partial charge in [0, 0.05) is 6.07 Å². The van der Waals surface area contributed by atoms with Crippen LogP contribution in [0.25, 0.3) is 11.1 Å². The Balaban J connectivity index is 2.65. The molecule has 0 aliphatic heterocycles. The number of benzene rings is 2. The lowest BCUT2D eigenvalue weighted by Crippen LogP contribution is -2.07. The highest BCUT2D eigenvalue weighted by atomic mass is 19.4. The Hall–Kier alpha value is -2.81. The number of nitro groups is 1. The monoisotopic (exact) mass is 291 g/mol. The number of terminal acetylenes is 1. The van der Waals surface area contributed by atoms with Crippen LogP contribution in [0.5, 0.6) is 0 Å². The standard InChI is InChI=1S/C15H8F3NO2/c1-2-10-9-11(7-8-14(10)19(20)21)12-5-3-4-6-13(12)15(16,17)18/h1,3-9H. The van der Waals surface area contributed by atoms with E-state index in [2.05, 4.69) is 5.92 Å². The molecule has 0 spiro atoms. The normalized spacial score (nSPS) is 11.0. The fourth-order valence-corrected chi connectivity index (χ4v) is 1.96. The lowest BCUT2D eigenvalue weighted by molar-refractivity contribution is -0.385. The Kier molecular flexibility index (Phi) is 3.68. The first-order chi connectivity index (χ1) is 9.84. The summed E-state index contributed by atoms with van der Waals surface area (Å²) in [4.78, 5) is 10.1. The third-order valence-electron chi connectivity index (χ3n) is 2.89. The highest BCUT2D eigenvalue weighted by Crippen LogP contribution is 2.37. The molecule has 2 rings (SSSR count). The zero-order valence-corrected chi connectivity index (χ0v) is 10.5. The van der Waals surface area contributed by atoms with E-state index in [0.717, 1.165) is 12.1 Å². The van der Waals surface area contributed by atoms with Gasteiger partial charge in [-0.2, -0.15) is 13.2 Å². The molecular formula is C15H8F3NO2. The molecule has 0 saturated heterocycles. The van der Waals surface area contributed by atoms with Crippen LogP contribution in [0.3, 0.4) is 0 Å². The van der Waals surface area contributed by atoms with Gasteiger partial charge in [0.15, 0.2) is 0 Å². The summed E-state index contributed by atoms with van der Waals surface area (Å²) >= 11 is 0. The van der Waals surface area contributed by atoms with Crippen molar-refractivity contribution in [1.82, 2.24) is 0 Å². The second kappa shape index (κ2) is 5.29. The molecule has 0 bridgehead atoms. The van der Waals surface area contributed by atoms with Crippen molar-refractivity contribution in [2.75, 3.05) is 0 Å². The summed E-state index contributed by atoms with van der Waals surface area (Å²) in [5, 5.41) is 10.8. The predicted molar refractivity (Wildman–Crippen MR) is 71.5 cm³/mol. The van der Waals surface area contributed by atoms with E-state index in [1.165, 1.54) is 30.3 Å². The molecule has 106 valence electrons. The average molecular weight is 291 g/mol. The first-order valence-corrected chi connectivity index (χ1v) is 5.76. The summed E-state index contributed by atoms with van der Waals surface area (Å²) in [6.45, 7) is 0. The van der Waals surface area contributed by atoms with Gasteiger partial charge in [0.05, 0.1) is 10.5 Å². The largest absolute Gasteiger partial charge is 0.417 e. The number of rotatable bonds is 2. The maximum Gasteiger partial charge on any atom is 0.417 e. The molecule has 0 aliphatic rings. The van der Waals surface area contributed by atoms with E-state index in [-0.39, 0.29) is 22.4 Å². The maximum atomic E-state index is 13.0. The van der Waals surface area contributed by atoms with Crippen molar-refractivity contribution in [2.45, 2.75) is 6.18 Å². The van der Waals surface area contributed by atoms with Crippen molar-refractivity contribution in [3.63, 3.8) is 0 Å². The molecule has 0 N–H and O–H groups in total. The minimum atomic E-state index is -4.52. The van der Waals surface area contributed by atoms with Gasteiger partial charge in [-0.1, -0.05) is 24.1 Å². The van der Waals surface area contributed by atoms with E-state index in [1.54, 1.807) is 0 Å². The highest BCUT2D eigenvalue weighted by Gasteiger charge is 2.33. The first kappa shape index (κ1) is 14.6. The van der Waals surface area contributed by atoms with E-state index >= 15 is 0 Å². The zero-order valence-electron chi connectivity index (χ0n) is 10.5. The van der Waals surface area contributed by atoms with Crippen molar-refractivity contribution in [2.24, 2.45) is 0 Å². The van der Waals surface area contributed by atoms with E-state index in [0.29, 0.717) is 0 Å². The molecule has 2 aromatic carbocycles. The second-order valence-electron chi connectivity index (χ2n) is 4.18. The Labute approximate surface area is 118 Å². The summed E-state index contributed by atoms with van der Waals surface area (Å²) in [6, 6.07) is 8.56. The van der Waals surface area contributed by atoms with E-state index in [1.807, 2.05) is 0 Å². The molecule has 3 nitrogen and oxygen atoms in total. The van der Waals surface area contributed by atoms with Crippen LogP contribution >= 0.6 is 0 Å². The Morgan fingerprint density at radius 1 is 1.14 bits per heavy atom. The Morgan fingerprint density at radius 2 is 1.81 bits per heavy atom. The molecule has 0 unspecified atom stereocenters. The van der Waals surface area contributed by atoms with Gasteiger partial charge >= 0.3 is 6.18 Å². The van der Waals surface area contributed by atoms with Crippen LogP contribution in [0.1, 0.15) is 11.1 Å². The smallest absolute Gasteiger partial charge is 0.258 e. The van der Waals surface area contributed by atoms with E-state index in [9.17, 15) is 23.3 Å². The van der Waals surface area contributed by atoms with Crippen LogP contribution in [-0.2, 0) is 6.18 Å². The lowest BCUT2D eigenvalue weighted by atomic mass is 9.97. The van der Waals surface area contributed by atoms with Gasteiger partial charge in [-0.15, -0.1) is 6.42 Å². The lowest BCUT2D eigenvalue weighted by Gasteiger charge is -2.13. The number of hydrogen-bond donors (Lipinski definition) is 0.